The Balaban J connectivity index is 1.43. The summed E-state index contributed by atoms with van der Waals surface area (Å²) in [7, 11) is 0. The molecule has 0 aliphatic rings. The number of aromatic hydroxyl groups is 4. The predicted octanol–water partition coefficient (Wildman–Crippen LogP) is 3.17. The Hall–Kier alpha value is -4.72. The maximum absolute atomic E-state index is 12.0. The molecule has 3 rings (SSSR count). The van der Waals surface area contributed by atoms with E-state index in [1.54, 1.807) is 12.1 Å². The number of hydrogen-bond donors (Lipinski definition) is 6. The van der Waals surface area contributed by atoms with Gasteiger partial charge in [0.15, 0.2) is 23.0 Å². The van der Waals surface area contributed by atoms with Crippen LogP contribution in [0.3, 0.4) is 0 Å². The summed E-state index contributed by atoms with van der Waals surface area (Å²) >= 11 is 0. The average molecular weight is 460 g/mol. The Bertz CT molecular complexity index is 1140. The Morgan fingerprint density at radius 1 is 0.588 bits per heavy atom. The van der Waals surface area contributed by atoms with E-state index in [4.69, 9.17) is 0 Å². The van der Waals surface area contributed by atoms with Crippen molar-refractivity contribution in [3.8, 4) is 23.0 Å². The van der Waals surface area contributed by atoms with Gasteiger partial charge >= 0.3 is 0 Å². The number of rotatable bonds is 8. The molecule has 0 atom stereocenters. The van der Waals surface area contributed by atoms with Crippen molar-refractivity contribution in [2.45, 2.75) is 13.1 Å². The van der Waals surface area contributed by atoms with Gasteiger partial charge in [-0.15, -0.1) is 0 Å². The third-order valence-electron chi connectivity index (χ3n) is 4.81. The van der Waals surface area contributed by atoms with Crippen molar-refractivity contribution >= 4 is 24.0 Å². The number of phenolic OH excluding ortho intramolecular Hbond substituents is 4. The third-order valence-corrected chi connectivity index (χ3v) is 4.81. The monoisotopic (exact) mass is 460 g/mol. The summed E-state index contributed by atoms with van der Waals surface area (Å²) in [6.07, 6.45) is 5.73. The van der Waals surface area contributed by atoms with Gasteiger partial charge in [0.05, 0.1) is 0 Å². The SMILES string of the molecule is O=C(/C=C/c1ccc(O)c(O)c1)NCc1ccc(CNC(=O)/C=C/c2ccc(O)c(O)c2)cc1. The molecule has 3 aromatic rings. The Kier molecular flexibility index (Phi) is 7.91. The summed E-state index contributed by atoms with van der Waals surface area (Å²) in [5.74, 6) is -1.58. The van der Waals surface area contributed by atoms with E-state index < -0.39 is 0 Å². The molecule has 0 fully saturated rings. The van der Waals surface area contributed by atoms with Gasteiger partial charge < -0.3 is 31.1 Å². The first-order chi connectivity index (χ1) is 16.3. The van der Waals surface area contributed by atoms with E-state index in [1.807, 2.05) is 24.3 Å². The molecule has 3 aromatic carbocycles. The molecular weight excluding hydrogens is 436 g/mol. The molecule has 0 aliphatic carbocycles. The van der Waals surface area contributed by atoms with Gasteiger partial charge in [-0.05, 0) is 58.7 Å². The Labute approximate surface area is 196 Å². The highest BCUT2D eigenvalue weighted by Crippen LogP contribution is 2.26. The normalized spacial score (nSPS) is 11.1. The summed E-state index contributed by atoms with van der Waals surface area (Å²) in [5.41, 5.74) is 2.91. The smallest absolute Gasteiger partial charge is 0.244 e. The highest BCUT2D eigenvalue weighted by Gasteiger charge is 2.02. The lowest BCUT2D eigenvalue weighted by Gasteiger charge is -2.06. The van der Waals surface area contributed by atoms with Crippen LogP contribution < -0.4 is 10.6 Å². The summed E-state index contributed by atoms with van der Waals surface area (Å²) in [5, 5.41) is 43.1. The van der Waals surface area contributed by atoms with E-state index >= 15 is 0 Å². The van der Waals surface area contributed by atoms with Crippen molar-refractivity contribution in [2.24, 2.45) is 0 Å². The fourth-order valence-corrected chi connectivity index (χ4v) is 2.90. The van der Waals surface area contributed by atoms with Gasteiger partial charge in [-0.25, -0.2) is 0 Å². The van der Waals surface area contributed by atoms with Crippen LogP contribution in [0, 0.1) is 0 Å². The minimum Gasteiger partial charge on any atom is -0.504 e. The summed E-state index contributed by atoms with van der Waals surface area (Å²) in [6, 6.07) is 15.9. The molecule has 0 unspecified atom stereocenters. The molecule has 0 radical (unpaired) electrons. The van der Waals surface area contributed by atoms with Crippen LogP contribution in [-0.2, 0) is 22.7 Å². The highest BCUT2D eigenvalue weighted by atomic mass is 16.3. The van der Waals surface area contributed by atoms with Crippen LogP contribution >= 0.6 is 0 Å². The van der Waals surface area contributed by atoms with Crippen LogP contribution in [0.2, 0.25) is 0 Å². The van der Waals surface area contributed by atoms with Crippen molar-refractivity contribution < 1.29 is 30.0 Å². The van der Waals surface area contributed by atoms with E-state index in [0.717, 1.165) is 11.1 Å². The lowest BCUT2D eigenvalue weighted by molar-refractivity contribution is -0.117. The first kappa shape index (κ1) is 23.9. The zero-order chi connectivity index (χ0) is 24.5. The second-order valence-corrected chi connectivity index (χ2v) is 7.42. The van der Waals surface area contributed by atoms with Crippen molar-refractivity contribution in [1.82, 2.24) is 10.6 Å². The number of benzene rings is 3. The van der Waals surface area contributed by atoms with Crippen LogP contribution in [0.4, 0.5) is 0 Å². The van der Waals surface area contributed by atoms with Crippen LogP contribution in [0.5, 0.6) is 23.0 Å². The molecule has 0 saturated heterocycles. The summed E-state index contributed by atoms with van der Waals surface area (Å²) in [6.45, 7) is 0.637. The highest BCUT2D eigenvalue weighted by molar-refractivity contribution is 5.92. The fourth-order valence-electron chi connectivity index (χ4n) is 2.90. The maximum Gasteiger partial charge on any atom is 0.244 e. The van der Waals surface area contributed by atoms with Crippen molar-refractivity contribution in [1.29, 1.82) is 0 Å². The molecule has 0 bridgehead atoms. The van der Waals surface area contributed by atoms with Gasteiger partial charge in [-0.2, -0.15) is 0 Å². The van der Waals surface area contributed by atoms with Gasteiger partial charge in [0.2, 0.25) is 11.8 Å². The zero-order valence-corrected chi connectivity index (χ0v) is 18.1. The Morgan fingerprint density at radius 2 is 0.971 bits per heavy atom. The third kappa shape index (κ3) is 7.16. The minimum absolute atomic E-state index is 0.226. The van der Waals surface area contributed by atoms with Gasteiger partial charge in [0.1, 0.15) is 0 Å². The number of nitrogens with one attached hydrogen (secondary N) is 2. The van der Waals surface area contributed by atoms with E-state index in [-0.39, 0.29) is 34.8 Å². The zero-order valence-electron chi connectivity index (χ0n) is 18.1. The van der Waals surface area contributed by atoms with Crippen molar-refractivity contribution in [3.63, 3.8) is 0 Å². The fraction of sp³-hybridized carbons (Fsp3) is 0.0769. The summed E-state index contributed by atoms with van der Waals surface area (Å²) < 4.78 is 0. The molecule has 174 valence electrons. The van der Waals surface area contributed by atoms with Crippen LogP contribution in [0.1, 0.15) is 22.3 Å². The van der Waals surface area contributed by atoms with Crippen molar-refractivity contribution in [2.75, 3.05) is 0 Å². The second kappa shape index (κ2) is 11.2. The molecule has 0 aromatic heterocycles. The summed E-state index contributed by atoms with van der Waals surface area (Å²) in [4.78, 5) is 24.0. The number of phenols is 4. The number of amides is 2. The molecule has 0 heterocycles. The molecule has 2 amide bonds. The minimum atomic E-state index is -0.308. The first-order valence-electron chi connectivity index (χ1n) is 10.3. The van der Waals surface area contributed by atoms with Crippen LogP contribution in [-0.4, -0.2) is 32.2 Å². The second-order valence-electron chi connectivity index (χ2n) is 7.42. The van der Waals surface area contributed by atoms with Gasteiger partial charge in [0.25, 0.3) is 0 Å². The standard InChI is InChI=1S/C26H24N2O6/c29-21-9-5-17(13-23(21)31)7-11-25(33)27-15-19-1-2-20(4-3-19)16-28-26(34)12-8-18-6-10-22(30)24(32)14-18/h1-14,29-32H,15-16H2,(H,27,33)(H,28,34)/b11-7+,12-8+. The molecule has 0 spiro atoms. The molecule has 34 heavy (non-hydrogen) atoms. The quantitative estimate of drug-likeness (QED) is 0.225. The van der Waals surface area contributed by atoms with E-state index in [0.29, 0.717) is 24.2 Å². The Morgan fingerprint density at radius 3 is 1.32 bits per heavy atom. The molecule has 6 N–H and O–H groups in total. The predicted molar refractivity (Wildman–Crippen MR) is 128 cm³/mol. The van der Waals surface area contributed by atoms with E-state index in [1.165, 1.54) is 48.6 Å². The topological polar surface area (TPSA) is 139 Å². The van der Waals surface area contributed by atoms with Crippen molar-refractivity contribution in [3.05, 3.63) is 95.1 Å². The van der Waals surface area contributed by atoms with Gasteiger partial charge in [-0.3, -0.25) is 9.59 Å². The van der Waals surface area contributed by atoms with E-state index in [9.17, 15) is 30.0 Å². The number of carbonyl (C=O) groups excluding carboxylic acids is 2. The lowest BCUT2D eigenvalue weighted by atomic mass is 10.1. The van der Waals surface area contributed by atoms with Crippen LogP contribution in [0.25, 0.3) is 12.2 Å². The molecule has 8 heteroatoms. The molecular formula is C26H24N2O6. The lowest BCUT2D eigenvalue weighted by Crippen LogP contribution is -2.21. The average Bonchev–Trinajstić information content (AvgIpc) is 2.83. The van der Waals surface area contributed by atoms with Crippen LogP contribution in [0.15, 0.2) is 72.8 Å². The molecule has 0 saturated carbocycles. The number of hydrogen-bond acceptors (Lipinski definition) is 6. The maximum atomic E-state index is 12.0. The number of carbonyl (C=O) groups is 2. The first-order valence-corrected chi connectivity index (χ1v) is 10.3. The molecule has 8 nitrogen and oxygen atoms in total. The van der Waals surface area contributed by atoms with E-state index in [2.05, 4.69) is 10.6 Å². The van der Waals surface area contributed by atoms with Gasteiger partial charge in [0, 0.05) is 25.2 Å². The molecule has 0 aliphatic heterocycles. The van der Waals surface area contributed by atoms with Gasteiger partial charge in [-0.1, -0.05) is 36.4 Å². The largest absolute Gasteiger partial charge is 0.504 e.